The van der Waals surface area contributed by atoms with E-state index in [1.54, 1.807) is 0 Å². The summed E-state index contributed by atoms with van der Waals surface area (Å²) in [5.41, 5.74) is 0. The van der Waals surface area contributed by atoms with Crippen LogP contribution in [0.5, 0.6) is 0 Å². The maximum absolute atomic E-state index is 11.8. The van der Waals surface area contributed by atoms with E-state index in [0.29, 0.717) is 5.78 Å². The van der Waals surface area contributed by atoms with Crippen molar-refractivity contribution in [3.8, 4) is 0 Å². The van der Waals surface area contributed by atoms with E-state index in [2.05, 4.69) is 6.92 Å². The smallest absolute Gasteiger partial charge is 0.356 e. The van der Waals surface area contributed by atoms with Gasteiger partial charge in [0.1, 0.15) is 11.9 Å². The van der Waals surface area contributed by atoms with Gasteiger partial charge in [-0.3, -0.25) is 9.36 Å². The number of ketones is 1. The maximum atomic E-state index is 11.8. The van der Waals surface area contributed by atoms with Crippen molar-refractivity contribution in [1.82, 2.24) is 0 Å². The maximum Gasteiger partial charge on any atom is 0.356 e. The first kappa shape index (κ1) is 29.7. The lowest BCUT2D eigenvalue weighted by atomic mass is 10.0. The van der Waals surface area contributed by atoms with E-state index in [-0.39, 0.29) is 6.61 Å². The minimum absolute atomic E-state index is 0.238. The molecule has 2 atom stereocenters. The first-order chi connectivity index (χ1) is 14.4. The Kier molecular flexibility index (Phi) is 19.2. The average Bonchev–Trinajstić information content (AvgIpc) is 2.70. The Labute approximate surface area is 183 Å². The second-order valence-electron chi connectivity index (χ2n) is 8.09. The highest BCUT2D eigenvalue weighted by molar-refractivity contribution is 7.52. The molecular formula is C22H45O7P. The monoisotopic (exact) mass is 452 g/mol. The van der Waals surface area contributed by atoms with Crippen LogP contribution in [0.15, 0.2) is 0 Å². The fourth-order valence-electron chi connectivity index (χ4n) is 3.44. The van der Waals surface area contributed by atoms with Crippen molar-refractivity contribution in [2.24, 2.45) is 0 Å². The van der Waals surface area contributed by atoms with Crippen LogP contribution in [-0.4, -0.2) is 52.9 Å². The molecule has 0 aliphatic heterocycles. The first-order valence-electron chi connectivity index (χ1n) is 11.7. The highest BCUT2D eigenvalue weighted by Crippen LogP contribution is 2.44. The normalized spacial score (nSPS) is 14.0. The summed E-state index contributed by atoms with van der Waals surface area (Å²) < 4.78 is 21.7. The van der Waals surface area contributed by atoms with Crippen LogP contribution in [0.1, 0.15) is 103 Å². The van der Waals surface area contributed by atoms with Crippen LogP contribution < -0.4 is 0 Å². The molecule has 0 amide bonds. The largest absolute Gasteiger partial charge is 0.394 e. The molecule has 0 saturated heterocycles. The summed E-state index contributed by atoms with van der Waals surface area (Å²) in [4.78, 5) is 30.4. The van der Waals surface area contributed by atoms with Gasteiger partial charge in [-0.05, 0) is 19.3 Å². The predicted molar refractivity (Wildman–Crippen MR) is 120 cm³/mol. The Hall–Kier alpha value is -0.300. The lowest BCUT2D eigenvalue weighted by molar-refractivity contribution is -0.119. The van der Waals surface area contributed by atoms with E-state index >= 15 is 0 Å². The van der Waals surface area contributed by atoms with Gasteiger partial charge in [0.15, 0.2) is 5.85 Å². The SMILES string of the molecule is CCCCCCC(=O)CCCCCCCCCCCOC(C(CO)OC)P(=O)(O)O. The lowest BCUT2D eigenvalue weighted by Gasteiger charge is -2.25. The molecule has 0 aromatic rings. The van der Waals surface area contributed by atoms with Crippen molar-refractivity contribution in [1.29, 1.82) is 0 Å². The molecule has 180 valence electrons. The van der Waals surface area contributed by atoms with Crippen LogP contribution >= 0.6 is 7.60 Å². The molecule has 3 N–H and O–H groups in total. The van der Waals surface area contributed by atoms with Crippen molar-refractivity contribution in [3.63, 3.8) is 0 Å². The molecule has 0 fully saturated rings. The van der Waals surface area contributed by atoms with E-state index in [1.807, 2.05) is 0 Å². The molecule has 0 saturated carbocycles. The number of carbonyl (C=O) groups excluding carboxylic acids is 1. The number of hydrogen-bond donors (Lipinski definition) is 3. The summed E-state index contributed by atoms with van der Waals surface area (Å²) in [6.07, 6.45) is 14.7. The van der Waals surface area contributed by atoms with E-state index in [1.165, 1.54) is 45.6 Å². The molecule has 2 unspecified atom stereocenters. The van der Waals surface area contributed by atoms with Gasteiger partial charge in [-0.2, -0.15) is 0 Å². The number of unbranched alkanes of at least 4 members (excludes halogenated alkanes) is 11. The zero-order valence-electron chi connectivity index (χ0n) is 19.1. The number of methoxy groups -OCH3 is 1. The summed E-state index contributed by atoms with van der Waals surface area (Å²) in [6.45, 7) is 1.92. The molecule has 8 heteroatoms. The van der Waals surface area contributed by atoms with E-state index < -0.39 is 26.2 Å². The molecular weight excluding hydrogens is 407 g/mol. The number of aliphatic hydroxyl groups is 1. The summed E-state index contributed by atoms with van der Waals surface area (Å²) >= 11 is 0. The number of ether oxygens (including phenoxy) is 2. The third-order valence-electron chi connectivity index (χ3n) is 5.33. The second-order valence-corrected chi connectivity index (χ2v) is 9.78. The number of rotatable bonds is 22. The summed E-state index contributed by atoms with van der Waals surface area (Å²) in [5, 5.41) is 9.15. The molecule has 0 aliphatic carbocycles. The van der Waals surface area contributed by atoms with E-state index in [9.17, 15) is 19.1 Å². The summed E-state index contributed by atoms with van der Waals surface area (Å²) in [6, 6.07) is 0. The van der Waals surface area contributed by atoms with E-state index in [0.717, 1.165) is 57.8 Å². The highest BCUT2D eigenvalue weighted by Gasteiger charge is 2.37. The minimum atomic E-state index is -4.49. The predicted octanol–water partition coefficient (Wildman–Crippen LogP) is 4.95. The van der Waals surface area contributed by atoms with Crippen molar-refractivity contribution in [2.45, 2.75) is 115 Å². The first-order valence-corrected chi connectivity index (χ1v) is 13.4. The molecule has 7 nitrogen and oxygen atoms in total. The van der Waals surface area contributed by atoms with Crippen molar-refractivity contribution < 1.29 is 33.7 Å². The molecule has 0 bridgehead atoms. The van der Waals surface area contributed by atoms with Crippen LogP contribution in [-0.2, 0) is 18.8 Å². The molecule has 0 spiro atoms. The van der Waals surface area contributed by atoms with Gasteiger partial charge in [0.25, 0.3) is 0 Å². The van der Waals surface area contributed by atoms with Gasteiger partial charge in [-0.15, -0.1) is 0 Å². The van der Waals surface area contributed by atoms with Crippen LogP contribution in [0.3, 0.4) is 0 Å². The molecule has 0 aliphatic rings. The standard InChI is InChI=1S/C22H45O7P/c1-3-4-5-13-16-20(24)17-14-11-9-7-6-8-10-12-15-18-29-22(30(25,26)27)21(19-23)28-2/h21-23H,3-19H2,1-2H3,(H2,25,26,27). The fourth-order valence-corrected chi connectivity index (χ4v) is 4.39. The average molecular weight is 453 g/mol. The van der Waals surface area contributed by atoms with Gasteiger partial charge in [0, 0.05) is 26.6 Å². The molecule has 0 aromatic heterocycles. The molecule has 30 heavy (non-hydrogen) atoms. The fraction of sp³-hybridized carbons (Fsp3) is 0.955. The lowest BCUT2D eigenvalue weighted by Crippen LogP contribution is -2.34. The quantitative estimate of drug-likeness (QED) is 0.157. The Morgan fingerprint density at radius 2 is 1.30 bits per heavy atom. The van der Waals surface area contributed by atoms with Crippen molar-refractivity contribution in [3.05, 3.63) is 0 Å². The zero-order valence-corrected chi connectivity index (χ0v) is 20.0. The molecule has 0 aromatic carbocycles. The highest BCUT2D eigenvalue weighted by atomic mass is 31.2. The van der Waals surface area contributed by atoms with E-state index in [4.69, 9.17) is 14.6 Å². The molecule has 0 heterocycles. The number of Topliss-reactive ketones (excluding diaryl/α,β-unsaturated/α-hetero) is 1. The van der Waals surface area contributed by atoms with Crippen LogP contribution in [0.25, 0.3) is 0 Å². The third kappa shape index (κ3) is 16.4. The second kappa shape index (κ2) is 19.4. The Balaban J connectivity index is 3.55. The Morgan fingerprint density at radius 1 is 0.833 bits per heavy atom. The number of hydrogen-bond acceptors (Lipinski definition) is 5. The van der Waals surface area contributed by atoms with Crippen molar-refractivity contribution in [2.75, 3.05) is 20.3 Å². The summed E-state index contributed by atoms with van der Waals surface area (Å²) in [5.74, 6) is -0.999. The Bertz CT molecular complexity index is 449. The van der Waals surface area contributed by atoms with Crippen LogP contribution in [0.2, 0.25) is 0 Å². The van der Waals surface area contributed by atoms with Crippen LogP contribution in [0.4, 0.5) is 0 Å². The van der Waals surface area contributed by atoms with Gasteiger partial charge in [0.2, 0.25) is 0 Å². The zero-order chi connectivity index (χ0) is 22.7. The third-order valence-corrected chi connectivity index (χ3v) is 6.47. The van der Waals surface area contributed by atoms with Crippen LogP contribution in [0, 0.1) is 0 Å². The number of carbonyl (C=O) groups is 1. The van der Waals surface area contributed by atoms with Crippen molar-refractivity contribution >= 4 is 13.4 Å². The van der Waals surface area contributed by atoms with Gasteiger partial charge >= 0.3 is 7.60 Å². The summed E-state index contributed by atoms with van der Waals surface area (Å²) in [7, 11) is -3.20. The van der Waals surface area contributed by atoms with Gasteiger partial charge in [-0.1, -0.05) is 71.1 Å². The molecule has 0 rings (SSSR count). The minimum Gasteiger partial charge on any atom is -0.394 e. The van der Waals surface area contributed by atoms with Gasteiger partial charge < -0.3 is 24.4 Å². The Morgan fingerprint density at radius 3 is 1.73 bits per heavy atom. The molecule has 0 radical (unpaired) electrons. The van der Waals surface area contributed by atoms with Gasteiger partial charge in [-0.25, -0.2) is 0 Å². The topological polar surface area (TPSA) is 113 Å². The number of aliphatic hydroxyl groups excluding tert-OH is 1. The van der Waals surface area contributed by atoms with Gasteiger partial charge in [0.05, 0.1) is 6.61 Å².